The summed E-state index contributed by atoms with van der Waals surface area (Å²) in [5.74, 6) is 8.22. The van der Waals surface area contributed by atoms with Crippen LogP contribution >= 0.6 is 0 Å². The molecule has 0 radical (unpaired) electrons. The molecule has 9 nitrogen and oxygen atoms in total. The summed E-state index contributed by atoms with van der Waals surface area (Å²) >= 11 is 0. The van der Waals surface area contributed by atoms with Gasteiger partial charge in [-0.2, -0.15) is 0 Å². The SMILES string of the molecule is Cc1nc(/C(N)=C(\CNc2nnc(CC3CC3)o2)N(C)N)ccc1OC1CCCCC1. The number of pyridine rings is 1. The highest BCUT2D eigenvalue weighted by Crippen LogP contribution is 2.32. The average molecular weight is 428 g/mol. The summed E-state index contributed by atoms with van der Waals surface area (Å²) in [7, 11) is 1.74. The van der Waals surface area contributed by atoms with Gasteiger partial charge in [-0.1, -0.05) is 11.5 Å². The molecule has 5 N–H and O–H groups in total. The van der Waals surface area contributed by atoms with E-state index in [4.69, 9.17) is 20.7 Å². The molecule has 0 saturated heterocycles. The summed E-state index contributed by atoms with van der Waals surface area (Å²) in [4.78, 5) is 4.67. The first-order valence-electron chi connectivity index (χ1n) is 11.2. The van der Waals surface area contributed by atoms with Crippen molar-refractivity contribution in [3.8, 4) is 5.75 Å². The van der Waals surface area contributed by atoms with Crippen molar-refractivity contribution in [3.63, 3.8) is 0 Å². The van der Waals surface area contributed by atoms with Crippen molar-refractivity contribution in [3.05, 3.63) is 35.1 Å². The summed E-state index contributed by atoms with van der Waals surface area (Å²) in [6.07, 6.45) is 9.57. The molecule has 0 amide bonds. The van der Waals surface area contributed by atoms with E-state index >= 15 is 0 Å². The monoisotopic (exact) mass is 427 g/mol. The molecule has 4 rings (SSSR count). The van der Waals surface area contributed by atoms with E-state index in [2.05, 4.69) is 20.5 Å². The van der Waals surface area contributed by atoms with E-state index in [1.54, 1.807) is 7.05 Å². The van der Waals surface area contributed by atoms with Crippen LogP contribution in [0.25, 0.3) is 5.70 Å². The second-order valence-corrected chi connectivity index (χ2v) is 8.63. The number of anilines is 1. The van der Waals surface area contributed by atoms with Crippen molar-refractivity contribution >= 4 is 11.7 Å². The van der Waals surface area contributed by atoms with Gasteiger partial charge in [0.05, 0.1) is 35.4 Å². The second-order valence-electron chi connectivity index (χ2n) is 8.63. The van der Waals surface area contributed by atoms with Crippen molar-refractivity contribution in [2.24, 2.45) is 17.5 Å². The fourth-order valence-electron chi connectivity index (χ4n) is 3.88. The van der Waals surface area contributed by atoms with Crippen molar-refractivity contribution in [2.75, 3.05) is 18.9 Å². The fourth-order valence-corrected chi connectivity index (χ4v) is 3.88. The summed E-state index contributed by atoms with van der Waals surface area (Å²) in [5, 5.41) is 12.8. The summed E-state index contributed by atoms with van der Waals surface area (Å²) < 4.78 is 11.8. The largest absolute Gasteiger partial charge is 0.489 e. The Morgan fingerprint density at radius 3 is 2.65 bits per heavy atom. The minimum absolute atomic E-state index is 0.280. The highest BCUT2D eigenvalue weighted by molar-refractivity contribution is 5.64. The maximum absolute atomic E-state index is 6.43. The Bertz CT molecular complexity index is 914. The standard InChI is InChI=1S/C22H33N7O2/c1-14-19(30-16-6-4-3-5-7-16)11-10-17(26-14)21(23)18(29(2)24)13-25-22-28-27-20(31-22)12-15-8-9-15/h10-11,15-16H,3-9,12-13,23-24H2,1-2H3,(H,25,28)/b21-18-. The zero-order valence-electron chi connectivity index (χ0n) is 18.4. The topological polar surface area (TPSA) is 128 Å². The first-order chi connectivity index (χ1) is 15.0. The Morgan fingerprint density at radius 1 is 1.19 bits per heavy atom. The zero-order valence-corrected chi connectivity index (χ0v) is 18.4. The van der Waals surface area contributed by atoms with Crippen LogP contribution in [0.5, 0.6) is 5.75 Å². The Kier molecular flexibility index (Phi) is 6.60. The van der Waals surface area contributed by atoms with Gasteiger partial charge >= 0.3 is 6.01 Å². The van der Waals surface area contributed by atoms with Gasteiger partial charge in [-0.25, -0.2) is 10.8 Å². The third kappa shape index (κ3) is 5.66. The third-order valence-corrected chi connectivity index (χ3v) is 5.93. The lowest BCUT2D eigenvalue weighted by molar-refractivity contribution is 0.153. The molecule has 2 heterocycles. The van der Waals surface area contributed by atoms with Crippen LogP contribution in [0.2, 0.25) is 0 Å². The lowest BCUT2D eigenvalue weighted by atomic mass is 9.98. The normalized spacial score (nSPS) is 17.9. The van der Waals surface area contributed by atoms with Gasteiger partial charge in [0, 0.05) is 13.5 Å². The van der Waals surface area contributed by atoms with Crippen LogP contribution in [-0.2, 0) is 6.42 Å². The van der Waals surface area contributed by atoms with E-state index in [1.165, 1.54) is 37.1 Å². The molecule has 31 heavy (non-hydrogen) atoms. The van der Waals surface area contributed by atoms with Gasteiger partial charge in [-0.3, -0.25) is 0 Å². The number of hydrogen-bond acceptors (Lipinski definition) is 9. The quantitative estimate of drug-likeness (QED) is 0.408. The number of aromatic nitrogens is 3. The molecule has 0 spiro atoms. The minimum atomic E-state index is 0.280. The van der Waals surface area contributed by atoms with Crippen LogP contribution in [0.15, 0.2) is 22.2 Å². The van der Waals surface area contributed by atoms with Gasteiger partial charge in [0.15, 0.2) is 0 Å². The molecule has 9 heteroatoms. The van der Waals surface area contributed by atoms with Gasteiger partial charge in [0.2, 0.25) is 5.89 Å². The number of ether oxygens (including phenoxy) is 1. The predicted molar refractivity (Wildman–Crippen MR) is 119 cm³/mol. The molecular weight excluding hydrogens is 394 g/mol. The van der Waals surface area contributed by atoms with E-state index < -0.39 is 0 Å². The molecule has 2 aromatic rings. The zero-order chi connectivity index (χ0) is 21.8. The second kappa shape index (κ2) is 9.55. The average Bonchev–Trinajstić information content (AvgIpc) is 3.46. The Labute approximate surface area is 183 Å². The number of hydrogen-bond donors (Lipinski definition) is 3. The Balaban J connectivity index is 1.43. The smallest absolute Gasteiger partial charge is 0.315 e. The maximum atomic E-state index is 6.43. The number of likely N-dealkylation sites (N-methyl/N-ethyl adjacent to an activating group) is 1. The van der Waals surface area contributed by atoms with E-state index in [9.17, 15) is 0 Å². The Morgan fingerprint density at radius 2 is 1.97 bits per heavy atom. The first-order valence-corrected chi connectivity index (χ1v) is 11.2. The van der Waals surface area contributed by atoms with Gasteiger partial charge in [0.25, 0.3) is 0 Å². The summed E-state index contributed by atoms with van der Waals surface area (Å²) in [6, 6.07) is 4.19. The number of nitrogens with two attached hydrogens (primary N) is 2. The van der Waals surface area contributed by atoms with Crippen LogP contribution in [-0.4, -0.2) is 39.9 Å². The van der Waals surface area contributed by atoms with Crippen molar-refractivity contribution in [1.29, 1.82) is 0 Å². The van der Waals surface area contributed by atoms with E-state index in [-0.39, 0.29) is 6.10 Å². The predicted octanol–water partition coefficient (Wildman–Crippen LogP) is 2.98. The molecule has 2 aliphatic rings. The van der Waals surface area contributed by atoms with Crippen LogP contribution in [0.3, 0.4) is 0 Å². The molecule has 2 aliphatic carbocycles. The molecule has 2 fully saturated rings. The first kappa shape index (κ1) is 21.4. The van der Waals surface area contributed by atoms with Gasteiger partial charge < -0.3 is 25.2 Å². The Hall–Kier alpha value is -2.81. The molecule has 0 unspecified atom stereocenters. The molecule has 2 saturated carbocycles. The lowest BCUT2D eigenvalue weighted by Gasteiger charge is -2.24. The fraction of sp³-hybridized carbons (Fsp3) is 0.591. The number of nitrogens with one attached hydrogen (secondary N) is 1. The molecule has 0 aliphatic heterocycles. The minimum Gasteiger partial charge on any atom is -0.489 e. The highest BCUT2D eigenvalue weighted by Gasteiger charge is 2.24. The van der Waals surface area contributed by atoms with E-state index in [0.717, 1.165) is 30.7 Å². The molecule has 0 aromatic carbocycles. The number of nitrogens with zero attached hydrogens (tertiary/aromatic N) is 4. The van der Waals surface area contributed by atoms with Gasteiger partial charge in [-0.15, -0.1) is 5.10 Å². The summed E-state index contributed by atoms with van der Waals surface area (Å²) in [6.45, 7) is 2.28. The molecule has 2 aromatic heterocycles. The summed E-state index contributed by atoms with van der Waals surface area (Å²) in [5.41, 5.74) is 9.07. The third-order valence-electron chi connectivity index (χ3n) is 5.93. The molecule has 0 atom stereocenters. The van der Waals surface area contributed by atoms with Crippen LogP contribution in [0, 0.1) is 12.8 Å². The number of aryl methyl sites for hydroxylation is 1. The van der Waals surface area contributed by atoms with Gasteiger partial charge in [-0.05, 0) is 63.5 Å². The number of rotatable bonds is 9. The molecule has 168 valence electrons. The highest BCUT2D eigenvalue weighted by atomic mass is 16.5. The van der Waals surface area contributed by atoms with Crippen molar-refractivity contribution in [1.82, 2.24) is 20.2 Å². The lowest BCUT2D eigenvalue weighted by Crippen LogP contribution is -2.32. The van der Waals surface area contributed by atoms with Crippen LogP contribution < -0.4 is 21.6 Å². The number of hydrazine groups is 1. The van der Waals surface area contributed by atoms with Gasteiger partial charge in [0.1, 0.15) is 5.75 Å². The van der Waals surface area contributed by atoms with E-state index in [0.29, 0.717) is 41.5 Å². The maximum Gasteiger partial charge on any atom is 0.315 e. The van der Waals surface area contributed by atoms with Crippen LogP contribution in [0.1, 0.15) is 62.2 Å². The van der Waals surface area contributed by atoms with Crippen molar-refractivity contribution < 1.29 is 9.15 Å². The van der Waals surface area contributed by atoms with Crippen LogP contribution in [0.4, 0.5) is 6.01 Å². The van der Waals surface area contributed by atoms with Crippen molar-refractivity contribution in [2.45, 2.75) is 64.4 Å². The van der Waals surface area contributed by atoms with E-state index in [1.807, 2.05) is 19.1 Å². The molecule has 0 bridgehead atoms. The molecular formula is C22H33N7O2.